The molecule has 28 heavy (non-hydrogen) atoms. The zero-order chi connectivity index (χ0) is 19.3. The molecule has 1 fully saturated rings. The highest BCUT2D eigenvalue weighted by atomic mass is 15.5. The van der Waals surface area contributed by atoms with Crippen LogP contribution in [0, 0.1) is 13.8 Å². The molecule has 0 spiro atoms. The Kier molecular flexibility index (Phi) is 5.67. The fraction of sp³-hybridized carbons (Fsp3) is 0.409. The Morgan fingerprint density at radius 1 is 0.929 bits per heavy atom. The maximum atomic E-state index is 4.27. The standard InChI is InChI=1S/C22H28N6/c1-18-8-9-19(2)21(16-18)27-14-12-26(13-15-27)17-22-23-24-25-28(22)11-10-20-6-4-3-5-7-20/h3-9,16H,10-15,17H2,1-2H3. The summed E-state index contributed by atoms with van der Waals surface area (Å²) < 4.78 is 1.95. The molecule has 1 aromatic heterocycles. The highest BCUT2D eigenvalue weighted by molar-refractivity contribution is 5.55. The number of hydrogen-bond donors (Lipinski definition) is 0. The zero-order valence-electron chi connectivity index (χ0n) is 16.8. The minimum Gasteiger partial charge on any atom is -0.369 e. The Bertz CT molecular complexity index is 896. The number of anilines is 1. The molecule has 1 aliphatic rings. The van der Waals surface area contributed by atoms with Gasteiger partial charge in [0.2, 0.25) is 0 Å². The van der Waals surface area contributed by atoms with Crippen molar-refractivity contribution in [2.24, 2.45) is 0 Å². The van der Waals surface area contributed by atoms with Gasteiger partial charge in [-0.3, -0.25) is 4.90 Å². The molecule has 0 bridgehead atoms. The minimum atomic E-state index is 0.808. The van der Waals surface area contributed by atoms with Gasteiger partial charge in [0, 0.05) is 38.4 Å². The van der Waals surface area contributed by atoms with Crippen molar-refractivity contribution in [2.45, 2.75) is 33.4 Å². The first-order valence-electron chi connectivity index (χ1n) is 10.0. The number of aromatic nitrogens is 4. The molecule has 0 atom stereocenters. The van der Waals surface area contributed by atoms with Crippen LogP contribution in [-0.2, 0) is 19.5 Å². The van der Waals surface area contributed by atoms with Crippen molar-refractivity contribution in [1.82, 2.24) is 25.1 Å². The van der Waals surface area contributed by atoms with Crippen LogP contribution < -0.4 is 4.90 Å². The fourth-order valence-corrected chi connectivity index (χ4v) is 3.80. The summed E-state index contributed by atoms with van der Waals surface area (Å²) in [7, 11) is 0. The van der Waals surface area contributed by atoms with Gasteiger partial charge in [-0.2, -0.15) is 0 Å². The van der Waals surface area contributed by atoms with Crippen LogP contribution in [0.3, 0.4) is 0 Å². The van der Waals surface area contributed by atoms with Crippen molar-refractivity contribution in [3.8, 4) is 0 Å². The lowest BCUT2D eigenvalue weighted by Crippen LogP contribution is -2.46. The summed E-state index contributed by atoms with van der Waals surface area (Å²) >= 11 is 0. The number of piperazine rings is 1. The average molecular weight is 377 g/mol. The fourth-order valence-electron chi connectivity index (χ4n) is 3.80. The first-order chi connectivity index (χ1) is 13.7. The molecule has 0 saturated carbocycles. The molecule has 1 saturated heterocycles. The number of tetrazole rings is 1. The third-order valence-electron chi connectivity index (χ3n) is 5.50. The first-order valence-corrected chi connectivity index (χ1v) is 10.0. The van der Waals surface area contributed by atoms with E-state index in [1.54, 1.807) is 0 Å². The lowest BCUT2D eigenvalue weighted by Gasteiger charge is -2.36. The average Bonchev–Trinajstić information content (AvgIpc) is 3.17. The highest BCUT2D eigenvalue weighted by Crippen LogP contribution is 2.23. The molecule has 0 N–H and O–H groups in total. The molecule has 0 radical (unpaired) electrons. The smallest absolute Gasteiger partial charge is 0.165 e. The maximum Gasteiger partial charge on any atom is 0.165 e. The van der Waals surface area contributed by atoms with Gasteiger partial charge in [-0.1, -0.05) is 42.5 Å². The molecule has 6 heteroatoms. The topological polar surface area (TPSA) is 50.1 Å². The molecule has 1 aliphatic heterocycles. The van der Waals surface area contributed by atoms with Crippen molar-refractivity contribution < 1.29 is 0 Å². The van der Waals surface area contributed by atoms with Crippen LogP contribution >= 0.6 is 0 Å². The van der Waals surface area contributed by atoms with E-state index in [-0.39, 0.29) is 0 Å². The van der Waals surface area contributed by atoms with Crippen molar-refractivity contribution in [2.75, 3.05) is 31.1 Å². The summed E-state index contributed by atoms with van der Waals surface area (Å²) in [5.41, 5.74) is 5.35. The van der Waals surface area contributed by atoms with E-state index in [1.807, 2.05) is 10.7 Å². The van der Waals surface area contributed by atoms with Gasteiger partial charge in [0.15, 0.2) is 5.82 Å². The monoisotopic (exact) mass is 376 g/mol. The van der Waals surface area contributed by atoms with Crippen LogP contribution in [0.4, 0.5) is 5.69 Å². The predicted molar refractivity (Wildman–Crippen MR) is 111 cm³/mol. The van der Waals surface area contributed by atoms with E-state index in [9.17, 15) is 0 Å². The third-order valence-corrected chi connectivity index (χ3v) is 5.50. The normalized spacial score (nSPS) is 15.1. The molecule has 0 aliphatic carbocycles. The van der Waals surface area contributed by atoms with Crippen molar-refractivity contribution in [3.05, 3.63) is 71.0 Å². The summed E-state index contributed by atoms with van der Waals surface area (Å²) in [5.74, 6) is 0.955. The maximum absolute atomic E-state index is 4.27. The van der Waals surface area contributed by atoms with E-state index >= 15 is 0 Å². The second kappa shape index (κ2) is 8.52. The lowest BCUT2D eigenvalue weighted by atomic mass is 10.1. The van der Waals surface area contributed by atoms with E-state index in [2.05, 4.69) is 81.6 Å². The summed E-state index contributed by atoms with van der Waals surface area (Å²) in [6, 6.07) is 17.2. The van der Waals surface area contributed by atoms with E-state index in [4.69, 9.17) is 0 Å². The SMILES string of the molecule is Cc1ccc(C)c(N2CCN(Cc3nnnn3CCc3ccccc3)CC2)c1. The van der Waals surface area contributed by atoms with E-state index in [0.717, 1.165) is 51.5 Å². The Morgan fingerprint density at radius 2 is 1.71 bits per heavy atom. The third kappa shape index (κ3) is 4.39. The minimum absolute atomic E-state index is 0.808. The summed E-state index contributed by atoms with van der Waals surface area (Å²) in [5, 5.41) is 12.4. The molecule has 0 unspecified atom stereocenters. The molecular weight excluding hydrogens is 348 g/mol. The quantitative estimate of drug-likeness (QED) is 0.662. The Hall–Kier alpha value is -2.73. The Morgan fingerprint density at radius 3 is 2.50 bits per heavy atom. The van der Waals surface area contributed by atoms with Crippen LogP contribution in [0.2, 0.25) is 0 Å². The van der Waals surface area contributed by atoms with Gasteiger partial charge in [-0.05, 0) is 53.5 Å². The summed E-state index contributed by atoms with van der Waals surface area (Å²) in [6.07, 6.45) is 0.944. The molecule has 6 nitrogen and oxygen atoms in total. The van der Waals surface area contributed by atoms with Gasteiger partial charge in [0.25, 0.3) is 0 Å². The van der Waals surface area contributed by atoms with Crippen molar-refractivity contribution >= 4 is 5.69 Å². The second-order valence-corrected chi connectivity index (χ2v) is 7.61. The van der Waals surface area contributed by atoms with Gasteiger partial charge >= 0.3 is 0 Å². The molecule has 146 valence electrons. The predicted octanol–water partition coefficient (Wildman–Crippen LogP) is 2.85. The van der Waals surface area contributed by atoms with Crippen LogP contribution in [0.15, 0.2) is 48.5 Å². The van der Waals surface area contributed by atoms with E-state index in [1.165, 1.54) is 22.4 Å². The number of rotatable bonds is 6. The molecule has 2 aromatic carbocycles. The molecule has 4 rings (SSSR count). The van der Waals surface area contributed by atoms with Crippen LogP contribution in [0.25, 0.3) is 0 Å². The number of hydrogen-bond acceptors (Lipinski definition) is 5. The van der Waals surface area contributed by atoms with E-state index in [0.29, 0.717) is 0 Å². The molecule has 3 aromatic rings. The van der Waals surface area contributed by atoms with Crippen LogP contribution in [-0.4, -0.2) is 51.3 Å². The van der Waals surface area contributed by atoms with Crippen molar-refractivity contribution in [3.63, 3.8) is 0 Å². The lowest BCUT2D eigenvalue weighted by molar-refractivity contribution is 0.239. The Balaban J connectivity index is 1.33. The summed E-state index contributed by atoms with van der Waals surface area (Å²) in [6.45, 7) is 10.1. The first kappa shape index (κ1) is 18.6. The second-order valence-electron chi connectivity index (χ2n) is 7.61. The van der Waals surface area contributed by atoms with Crippen LogP contribution in [0.5, 0.6) is 0 Å². The van der Waals surface area contributed by atoms with Gasteiger partial charge in [-0.25, -0.2) is 4.68 Å². The Labute approximate surface area is 166 Å². The summed E-state index contributed by atoms with van der Waals surface area (Å²) in [4.78, 5) is 4.95. The van der Waals surface area contributed by atoms with Crippen LogP contribution in [0.1, 0.15) is 22.5 Å². The van der Waals surface area contributed by atoms with Gasteiger partial charge in [0.1, 0.15) is 0 Å². The van der Waals surface area contributed by atoms with Gasteiger partial charge in [0.05, 0.1) is 6.54 Å². The highest BCUT2D eigenvalue weighted by Gasteiger charge is 2.20. The number of nitrogens with zero attached hydrogens (tertiary/aromatic N) is 6. The number of aryl methyl sites for hydroxylation is 4. The molecule has 0 amide bonds. The molecule has 2 heterocycles. The van der Waals surface area contributed by atoms with Gasteiger partial charge < -0.3 is 4.90 Å². The number of benzene rings is 2. The largest absolute Gasteiger partial charge is 0.369 e. The van der Waals surface area contributed by atoms with Crippen molar-refractivity contribution in [1.29, 1.82) is 0 Å². The molecular formula is C22H28N6. The van der Waals surface area contributed by atoms with E-state index < -0.39 is 0 Å². The van der Waals surface area contributed by atoms with Gasteiger partial charge in [-0.15, -0.1) is 5.10 Å². The zero-order valence-corrected chi connectivity index (χ0v) is 16.8.